The van der Waals surface area contributed by atoms with Crippen molar-refractivity contribution in [3.05, 3.63) is 34.3 Å². The maximum Gasteiger partial charge on any atom is 0.212 e. The number of thiazole rings is 1. The summed E-state index contributed by atoms with van der Waals surface area (Å²) in [5.74, 6) is 1.34. The molecule has 0 bridgehead atoms. The molecule has 1 heterocycles. The molecule has 1 aromatic carbocycles. The van der Waals surface area contributed by atoms with E-state index >= 15 is 0 Å². The molecule has 7 heteroatoms. The van der Waals surface area contributed by atoms with Crippen LogP contribution in [0.3, 0.4) is 0 Å². The number of hydrogen-bond acceptors (Lipinski definition) is 5. The number of rotatable bonds is 5. The van der Waals surface area contributed by atoms with Gasteiger partial charge in [0.25, 0.3) is 0 Å². The van der Waals surface area contributed by atoms with Gasteiger partial charge in [-0.15, -0.1) is 23.1 Å². The van der Waals surface area contributed by atoms with Gasteiger partial charge in [0.1, 0.15) is 5.75 Å². The highest BCUT2D eigenvalue weighted by molar-refractivity contribution is 7.99. The zero-order valence-electron chi connectivity index (χ0n) is 17.0. The van der Waals surface area contributed by atoms with Gasteiger partial charge in [-0.2, -0.15) is 4.99 Å². The van der Waals surface area contributed by atoms with Crippen molar-refractivity contribution >= 4 is 34.2 Å². The molecule has 27 heavy (non-hydrogen) atoms. The van der Waals surface area contributed by atoms with Crippen molar-refractivity contribution in [3.63, 3.8) is 0 Å². The standard InChI is InChI=1S/C20H30N4OS2/c1-19(2,3)14-9-13(10-15(16(14)25)20(4,5)6)26-8-7-12-11-27-18(23-12)24-17(21)22/h9-11,25H,7-8H2,1-6H3,(H4,21,22,23,24). The van der Waals surface area contributed by atoms with Crippen LogP contribution in [0.2, 0.25) is 0 Å². The smallest absolute Gasteiger partial charge is 0.212 e. The number of aryl methyl sites for hydroxylation is 1. The highest BCUT2D eigenvalue weighted by Crippen LogP contribution is 2.41. The molecule has 0 amide bonds. The van der Waals surface area contributed by atoms with Crippen molar-refractivity contribution in [2.45, 2.75) is 63.7 Å². The van der Waals surface area contributed by atoms with Crippen LogP contribution in [0.1, 0.15) is 58.4 Å². The van der Waals surface area contributed by atoms with E-state index in [0.29, 0.717) is 10.9 Å². The summed E-state index contributed by atoms with van der Waals surface area (Å²) in [5.41, 5.74) is 13.5. The van der Waals surface area contributed by atoms with Crippen molar-refractivity contribution in [1.82, 2.24) is 4.98 Å². The van der Waals surface area contributed by atoms with Crippen molar-refractivity contribution < 1.29 is 5.11 Å². The van der Waals surface area contributed by atoms with E-state index in [9.17, 15) is 5.11 Å². The van der Waals surface area contributed by atoms with Crippen LogP contribution in [0.4, 0.5) is 5.13 Å². The molecule has 1 aromatic heterocycles. The van der Waals surface area contributed by atoms with E-state index in [1.807, 2.05) is 5.38 Å². The lowest BCUT2D eigenvalue weighted by molar-refractivity contribution is 0.422. The molecule has 0 aliphatic carbocycles. The second-order valence-electron chi connectivity index (χ2n) is 8.62. The van der Waals surface area contributed by atoms with Crippen molar-refractivity contribution in [2.24, 2.45) is 16.5 Å². The third-order valence-electron chi connectivity index (χ3n) is 4.09. The summed E-state index contributed by atoms with van der Waals surface area (Å²) in [5, 5.41) is 13.4. The van der Waals surface area contributed by atoms with Crippen molar-refractivity contribution in [1.29, 1.82) is 0 Å². The van der Waals surface area contributed by atoms with Gasteiger partial charge in [0.15, 0.2) is 5.96 Å². The lowest BCUT2D eigenvalue weighted by Gasteiger charge is -2.28. The first-order valence-electron chi connectivity index (χ1n) is 8.92. The number of thioether (sulfide) groups is 1. The van der Waals surface area contributed by atoms with Crippen LogP contribution < -0.4 is 11.5 Å². The van der Waals surface area contributed by atoms with Gasteiger partial charge in [0.2, 0.25) is 5.13 Å². The highest BCUT2D eigenvalue weighted by atomic mass is 32.2. The van der Waals surface area contributed by atoms with Gasteiger partial charge in [-0.05, 0) is 29.4 Å². The van der Waals surface area contributed by atoms with E-state index < -0.39 is 0 Å². The van der Waals surface area contributed by atoms with Crippen LogP contribution in [0.5, 0.6) is 5.75 Å². The highest BCUT2D eigenvalue weighted by Gasteiger charge is 2.26. The molecule has 0 fully saturated rings. The Morgan fingerprint density at radius 2 is 1.67 bits per heavy atom. The Balaban J connectivity index is 2.18. The number of guanidine groups is 1. The van der Waals surface area contributed by atoms with Gasteiger partial charge in [0.05, 0.1) is 5.69 Å². The molecule has 148 valence electrons. The number of aromatic nitrogens is 1. The third-order valence-corrected chi connectivity index (χ3v) is 5.85. The summed E-state index contributed by atoms with van der Waals surface area (Å²) in [4.78, 5) is 9.57. The summed E-state index contributed by atoms with van der Waals surface area (Å²) in [7, 11) is 0. The fourth-order valence-electron chi connectivity index (χ4n) is 2.68. The normalized spacial score (nSPS) is 12.2. The van der Waals surface area contributed by atoms with Gasteiger partial charge < -0.3 is 16.6 Å². The van der Waals surface area contributed by atoms with E-state index in [2.05, 4.69) is 63.7 Å². The molecule has 0 unspecified atom stereocenters. The van der Waals surface area contributed by atoms with E-state index in [-0.39, 0.29) is 16.8 Å². The molecule has 0 atom stereocenters. The maximum absolute atomic E-state index is 10.8. The molecule has 0 aliphatic heterocycles. The van der Waals surface area contributed by atoms with Crippen LogP contribution in [0, 0.1) is 0 Å². The largest absolute Gasteiger partial charge is 0.507 e. The van der Waals surface area contributed by atoms with Crippen LogP contribution in [-0.4, -0.2) is 21.8 Å². The van der Waals surface area contributed by atoms with Gasteiger partial charge >= 0.3 is 0 Å². The second kappa shape index (κ2) is 8.10. The molecular formula is C20H30N4OS2. The van der Waals surface area contributed by atoms with Crippen molar-refractivity contribution in [3.8, 4) is 5.75 Å². The number of nitrogens with zero attached hydrogens (tertiary/aromatic N) is 2. The van der Waals surface area contributed by atoms with E-state index in [1.54, 1.807) is 11.8 Å². The number of aromatic hydroxyl groups is 1. The van der Waals surface area contributed by atoms with Crippen LogP contribution >= 0.6 is 23.1 Å². The summed E-state index contributed by atoms with van der Waals surface area (Å²) >= 11 is 3.21. The lowest BCUT2D eigenvalue weighted by atomic mass is 9.79. The number of phenolic OH excluding ortho intramolecular Hbond substituents is 1. The fourth-order valence-corrected chi connectivity index (χ4v) is 4.37. The average molecular weight is 407 g/mol. The predicted molar refractivity (Wildman–Crippen MR) is 118 cm³/mol. The minimum absolute atomic E-state index is 0.0267. The maximum atomic E-state index is 10.8. The Hall–Kier alpha value is -1.73. The molecule has 5 N–H and O–H groups in total. The van der Waals surface area contributed by atoms with Crippen LogP contribution in [0.15, 0.2) is 27.4 Å². The summed E-state index contributed by atoms with van der Waals surface area (Å²) in [6.07, 6.45) is 0.831. The molecular weight excluding hydrogens is 376 g/mol. The Bertz CT molecular complexity index is 790. The van der Waals surface area contributed by atoms with E-state index in [4.69, 9.17) is 11.5 Å². The molecule has 0 radical (unpaired) electrons. The molecule has 0 saturated carbocycles. The second-order valence-corrected chi connectivity index (χ2v) is 10.6. The SMILES string of the molecule is CC(C)(C)c1cc(SCCc2csc(N=C(N)N)n2)cc(C(C)(C)C)c1O. The first-order valence-corrected chi connectivity index (χ1v) is 10.8. The minimum Gasteiger partial charge on any atom is -0.507 e. The van der Waals surface area contributed by atoms with E-state index in [0.717, 1.165) is 29.0 Å². The Morgan fingerprint density at radius 3 is 2.15 bits per heavy atom. The van der Waals surface area contributed by atoms with Gasteiger partial charge in [0, 0.05) is 27.2 Å². The Labute approximate surface area is 170 Å². The molecule has 0 aliphatic rings. The molecule has 5 nitrogen and oxygen atoms in total. The van der Waals surface area contributed by atoms with E-state index in [1.165, 1.54) is 16.2 Å². The average Bonchev–Trinajstić information content (AvgIpc) is 2.93. The Kier molecular flexibility index (Phi) is 6.47. The number of nitrogens with two attached hydrogens (primary N) is 2. The lowest BCUT2D eigenvalue weighted by Crippen LogP contribution is -2.21. The zero-order valence-corrected chi connectivity index (χ0v) is 18.6. The van der Waals surface area contributed by atoms with Gasteiger partial charge in [-0.1, -0.05) is 41.5 Å². The fraction of sp³-hybridized carbons (Fsp3) is 0.500. The molecule has 0 saturated heterocycles. The monoisotopic (exact) mass is 406 g/mol. The Morgan fingerprint density at radius 1 is 1.11 bits per heavy atom. The third kappa shape index (κ3) is 5.87. The summed E-state index contributed by atoms with van der Waals surface area (Å²) in [6, 6.07) is 4.22. The van der Waals surface area contributed by atoms with Gasteiger partial charge in [-0.3, -0.25) is 0 Å². The first-order chi connectivity index (χ1) is 12.4. The first kappa shape index (κ1) is 21.6. The molecule has 0 spiro atoms. The molecule has 2 aromatic rings. The summed E-state index contributed by atoms with van der Waals surface area (Å²) in [6.45, 7) is 12.8. The number of hydrogen-bond donors (Lipinski definition) is 3. The van der Waals surface area contributed by atoms with Crippen molar-refractivity contribution in [2.75, 3.05) is 5.75 Å². The van der Waals surface area contributed by atoms with Crippen LogP contribution in [0.25, 0.3) is 0 Å². The number of phenols is 1. The topological polar surface area (TPSA) is 97.5 Å². The zero-order chi connectivity index (χ0) is 20.4. The quantitative estimate of drug-likeness (QED) is 0.380. The summed E-state index contributed by atoms with van der Waals surface area (Å²) < 4.78 is 0. The van der Waals surface area contributed by atoms with Crippen LogP contribution in [-0.2, 0) is 17.3 Å². The number of aliphatic imine (C=N–C) groups is 1. The van der Waals surface area contributed by atoms with Gasteiger partial charge in [-0.25, -0.2) is 4.98 Å². The minimum atomic E-state index is -0.120. The predicted octanol–water partition coefficient (Wildman–Crippen LogP) is 4.68. The molecule has 2 rings (SSSR count). The number of benzene rings is 1.